The number of hydrogen-bond donors (Lipinski definition) is 1. The van der Waals surface area contributed by atoms with Crippen molar-refractivity contribution in [3.63, 3.8) is 0 Å². The topological polar surface area (TPSA) is 67.2 Å². The lowest BCUT2D eigenvalue weighted by Crippen LogP contribution is -2.40. The molecule has 1 aliphatic heterocycles. The van der Waals surface area contributed by atoms with Gasteiger partial charge in [0.05, 0.1) is 11.7 Å². The Bertz CT molecular complexity index is 1250. The molecule has 1 N–H and O–H groups in total. The number of rotatable bonds is 6. The third-order valence-electron chi connectivity index (χ3n) is 5.55. The molecule has 6 nitrogen and oxygen atoms in total. The first kappa shape index (κ1) is 20.1. The Morgan fingerprint density at radius 2 is 2.03 bits per heavy atom. The molecule has 1 aliphatic rings. The number of benzene rings is 1. The molecule has 158 valence electrons. The zero-order chi connectivity index (χ0) is 21.2. The van der Waals surface area contributed by atoms with Crippen LogP contribution in [0.4, 0.5) is 0 Å². The Kier molecular flexibility index (Phi) is 5.67. The lowest BCUT2D eigenvalue weighted by Gasteiger charge is -2.17. The summed E-state index contributed by atoms with van der Waals surface area (Å²) in [5, 5.41) is 7.64. The maximum Gasteiger partial charge on any atom is 0.263 e. The number of nitrogens with one attached hydrogen (secondary N) is 1. The van der Waals surface area contributed by atoms with Crippen molar-refractivity contribution in [2.45, 2.75) is 25.6 Å². The molecule has 0 saturated carbocycles. The van der Waals surface area contributed by atoms with Crippen molar-refractivity contribution in [3.8, 4) is 10.4 Å². The van der Waals surface area contributed by atoms with Gasteiger partial charge < -0.3 is 5.32 Å². The summed E-state index contributed by atoms with van der Waals surface area (Å²) in [5.74, 6) is -0.150. The van der Waals surface area contributed by atoms with Crippen LogP contribution < -0.4 is 10.9 Å². The van der Waals surface area contributed by atoms with Gasteiger partial charge in [0, 0.05) is 41.5 Å². The van der Waals surface area contributed by atoms with Crippen LogP contribution in [0, 0.1) is 0 Å². The monoisotopic (exact) mass is 450 g/mol. The first-order chi connectivity index (χ1) is 15.2. The fraction of sp³-hybridized carbons (Fsp3) is 0.261. The number of hydrogen-bond acceptors (Lipinski definition) is 6. The molecule has 0 unspecified atom stereocenters. The van der Waals surface area contributed by atoms with Gasteiger partial charge in [0.15, 0.2) is 0 Å². The molecule has 1 amide bonds. The van der Waals surface area contributed by atoms with E-state index in [1.807, 2.05) is 41.1 Å². The van der Waals surface area contributed by atoms with Crippen LogP contribution in [0.2, 0.25) is 0 Å². The fourth-order valence-corrected chi connectivity index (χ4v) is 5.78. The van der Waals surface area contributed by atoms with Gasteiger partial charge in [-0.15, -0.1) is 22.7 Å². The van der Waals surface area contributed by atoms with Gasteiger partial charge in [-0.25, -0.2) is 4.98 Å². The van der Waals surface area contributed by atoms with Gasteiger partial charge in [-0.2, -0.15) is 0 Å². The number of aromatic nitrogens is 2. The number of thiophene rings is 2. The molecule has 3 aromatic heterocycles. The SMILES string of the molecule is O=C(Cn1cnc2scc(-c3cccs3)c2c1=O)N[C@H]1CCN(Cc2ccccc2)C1. The van der Waals surface area contributed by atoms with E-state index in [1.165, 1.54) is 27.8 Å². The molecule has 1 aromatic carbocycles. The second-order valence-corrected chi connectivity index (χ2v) is 9.56. The number of likely N-dealkylation sites (tertiary alicyclic amines) is 1. The largest absolute Gasteiger partial charge is 0.350 e. The molecule has 0 aliphatic carbocycles. The first-order valence-electron chi connectivity index (χ1n) is 10.2. The fourth-order valence-electron chi connectivity index (χ4n) is 4.06. The summed E-state index contributed by atoms with van der Waals surface area (Å²) in [5.41, 5.74) is 2.01. The lowest BCUT2D eigenvalue weighted by molar-refractivity contribution is -0.122. The Balaban J connectivity index is 1.25. The second-order valence-electron chi connectivity index (χ2n) is 7.76. The van der Waals surface area contributed by atoms with Gasteiger partial charge in [-0.05, 0) is 23.4 Å². The number of carbonyl (C=O) groups is 1. The number of nitrogens with zero attached hydrogens (tertiary/aromatic N) is 3. The van der Waals surface area contributed by atoms with Crippen molar-refractivity contribution >= 4 is 38.8 Å². The maximum atomic E-state index is 13.1. The van der Waals surface area contributed by atoms with Gasteiger partial charge in [-0.1, -0.05) is 36.4 Å². The lowest BCUT2D eigenvalue weighted by atomic mass is 10.2. The van der Waals surface area contributed by atoms with E-state index in [0.717, 1.165) is 36.5 Å². The average Bonchev–Trinajstić information content (AvgIpc) is 3.52. The van der Waals surface area contributed by atoms with Crippen molar-refractivity contribution in [1.29, 1.82) is 0 Å². The summed E-state index contributed by atoms with van der Waals surface area (Å²) < 4.78 is 1.41. The first-order valence-corrected chi connectivity index (χ1v) is 12.0. The normalized spacial score (nSPS) is 16.7. The highest BCUT2D eigenvalue weighted by Gasteiger charge is 2.24. The molecule has 0 bridgehead atoms. The highest BCUT2D eigenvalue weighted by Crippen LogP contribution is 2.33. The summed E-state index contributed by atoms with van der Waals surface area (Å²) in [6.45, 7) is 2.64. The molecule has 31 heavy (non-hydrogen) atoms. The van der Waals surface area contributed by atoms with E-state index in [4.69, 9.17) is 0 Å². The molecular weight excluding hydrogens is 428 g/mol. The van der Waals surface area contributed by atoms with E-state index in [9.17, 15) is 9.59 Å². The molecule has 4 heterocycles. The standard InChI is InChI=1S/C23H22N4O2S2/c28-20(25-17-8-9-26(12-17)11-16-5-2-1-3-6-16)13-27-15-24-22-21(23(27)29)18(14-31-22)19-7-4-10-30-19/h1-7,10,14-15,17H,8-9,11-13H2,(H,25,28)/t17-/m0/s1. The van der Waals surface area contributed by atoms with Crippen LogP contribution >= 0.6 is 22.7 Å². The van der Waals surface area contributed by atoms with Gasteiger partial charge in [0.1, 0.15) is 11.4 Å². The van der Waals surface area contributed by atoms with Crippen molar-refractivity contribution in [2.75, 3.05) is 13.1 Å². The van der Waals surface area contributed by atoms with Crippen LogP contribution in [-0.2, 0) is 17.9 Å². The predicted molar refractivity (Wildman–Crippen MR) is 125 cm³/mol. The molecule has 0 spiro atoms. The third-order valence-corrected chi connectivity index (χ3v) is 7.34. The van der Waals surface area contributed by atoms with E-state index in [2.05, 4.69) is 27.3 Å². The molecule has 1 saturated heterocycles. The highest BCUT2D eigenvalue weighted by atomic mass is 32.1. The van der Waals surface area contributed by atoms with E-state index >= 15 is 0 Å². The van der Waals surface area contributed by atoms with Gasteiger partial charge in [0.25, 0.3) is 5.56 Å². The average molecular weight is 451 g/mol. The van der Waals surface area contributed by atoms with Crippen molar-refractivity contribution in [3.05, 3.63) is 75.5 Å². The summed E-state index contributed by atoms with van der Waals surface area (Å²) in [6, 6.07) is 14.4. The van der Waals surface area contributed by atoms with Crippen molar-refractivity contribution in [1.82, 2.24) is 19.8 Å². The molecule has 1 atom stereocenters. The van der Waals surface area contributed by atoms with E-state index in [0.29, 0.717) is 10.2 Å². The number of amides is 1. The zero-order valence-corrected chi connectivity index (χ0v) is 18.5. The van der Waals surface area contributed by atoms with Gasteiger partial charge in [0.2, 0.25) is 5.91 Å². The summed E-state index contributed by atoms with van der Waals surface area (Å²) in [7, 11) is 0. The minimum Gasteiger partial charge on any atom is -0.350 e. The smallest absolute Gasteiger partial charge is 0.263 e. The van der Waals surface area contributed by atoms with E-state index in [-0.39, 0.29) is 24.1 Å². The van der Waals surface area contributed by atoms with Crippen LogP contribution in [0.3, 0.4) is 0 Å². The van der Waals surface area contributed by atoms with Crippen molar-refractivity contribution < 1.29 is 4.79 Å². The van der Waals surface area contributed by atoms with Crippen LogP contribution in [-0.4, -0.2) is 39.5 Å². The molecular formula is C23H22N4O2S2. The number of carbonyl (C=O) groups excluding carboxylic acids is 1. The van der Waals surface area contributed by atoms with E-state index < -0.39 is 0 Å². The minimum absolute atomic E-state index is 0.0172. The number of fused-ring (bicyclic) bond motifs is 1. The molecule has 4 aromatic rings. The summed E-state index contributed by atoms with van der Waals surface area (Å²) in [6.07, 6.45) is 2.40. The second kappa shape index (κ2) is 8.74. The molecule has 0 radical (unpaired) electrons. The van der Waals surface area contributed by atoms with Crippen LogP contribution in [0.25, 0.3) is 20.7 Å². The molecule has 8 heteroatoms. The summed E-state index contributed by atoms with van der Waals surface area (Å²) in [4.78, 5) is 34.2. The van der Waals surface area contributed by atoms with E-state index in [1.54, 1.807) is 11.3 Å². The van der Waals surface area contributed by atoms with Gasteiger partial charge >= 0.3 is 0 Å². The van der Waals surface area contributed by atoms with Gasteiger partial charge in [-0.3, -0.25) is 19.1 Å². The van der Waals surface area contributed by atoms with Crippen LogP contribution in [0.5, 0.6) is 0 Å². The molecule has 1 fully saturated rings. The minimum atomic E-state index is -0.165. The van der Waals surface area contributed by atoms with Crippen LogP contribution in [0.15, 0.2) is 64.3 Å². The predicted octanol–water partition coefficient (Wildman–Crippen LogP) is 3.58. The highest BCUT2D eigenvalue weighted by molar-refractivity contribution is 7.18. The maximum absolute atomic E-state index is 13.1. The molecule has 5 rings (SSSR count). The van der Waals surface area contributed by atoms with Crippen molar-refractivity contribution in [2.24, 2.45) is 0 Å². The third kappa shape index (κ3) is 4.32. The Hall–Kier alpha value is -2.81. The Morgan fingerprint density at radius 3 is 2.84 bits per heavy atom. The Labute approximate surface area is 187 Å². The van der Waals surface area contributed by atoms with Crippen LogP contribution in [0.1, 0.15) is 12.0 Å². The zero-order valence-electron chi connectivity index (χ0n) is 16.9. The Morgan fingerprint density at radius 1 is 1.16 bits per heavy atom. The quantitative estimate of drug-likeness (QED) is 0.488. The summed E-state index contributed by atoms with van der Waals surface area (Å²) >= 11 is 3.05.